The highest BCUT2D eigenvalue weighted by molar-refractivity contribution is 7.12. The van der Waals surface area contributed by atoms with E-state index in [1.807, 2.05) is 16.3 Å². The molecule has 1 aromatic rings. The summed E-state index contributed by atoms with van der Waals surface area (Å²) in [5.74, 6) is 0.471. The lowest BCUT2D eigenvalue weighted by molar-refractivity contribution is -0.150. The van der Waals surface area contributed by atoms with Crippen molar-refractivity contribution in [2.45, 2.75) is 18.8 Å². The van der Waals surface area contributed by atoms with Crippen molar-refractivity contribution in [3.8, 4) is 0 Å². The van der Waals surface area contributed by atoms with Crippen LogP contribution in [0.2, 0.25) is 0 Å². The fourth-order valence-corrected chi connectivity index (χ4v) is 3.75. The monoisotopic (exact) mass is 309 g/mol. The molecule has 21 heavy (non-hydrogen) atoms. The van der Waals surface area contributed by atoms with Crippen molar-refractivity contribution >= 4 is 23.2 Å². The minimum absolute atomic E-state index is 0.0774. The quantitative estimate of drug-likeness (QED) is 0.800. The Bertz CT molecular complexity index is 530. The van der Waals surface area contributed by atoms with Crippen LogP contribution in [-0.4, -0.2) is 50.2 Å². The lowest BCUT2D eigenvalue weighted by Crippen LogP contribution is -2.47. The molecule has 5 nitrogen and oxygen atoms in total. The molecule has 0 atom stereocenters. The first kappa shape index (κ1) is 14.5. The van der Waals surface area contributed by atoms with E-state index in [4.69, 9.17) is 9.47 Å². The van der Waals surface area contributed by atoms with Crippen LogP contribution in [0.5, 0.6) is 0 Å². The van der Waals surface area contributed by atoms with Crippen LogP contribution in [0.15, 0.2) is 11.4 Å². The van der Waals surface area contributed by atoms with E-state index < -0.39 is 0 Å². The molecule has 2 saturated heterocycles. The number of piperidine rings is 1. The van der Waals surface area contributed by atoms with Crippen molar-refractivity contribution in [1.29, 1.82) is 0 Å². The number of thiophene rings is 1. The molecule has 1 aromatic heterocycles. The summed E-state index contributed by atoms with van der Waals surface area (Å²) in [4.78, 5) is 26.2. The SMILES string of the molecule is COC(=O)c1cc(C2CCN(C(=O)C3COC3)CC2)cs1. The van der Waals surface area contributed by atoms with Gasteiger partial charge in [0, 0.05) is 13.1 Å². The smallest absolute Gasteiger partial charge is 0.348 e. The highest BCUT2D eigenvalue weighted by Gasteiger charge is 2.33. The van der Waals surface area contributed by atoms with Crippen molar-refractivity contribution < 1.29 is 19.1 Å². The average Bonchev–Trinajstić information content (AvgIpc) is 2.94. The van der Waals surface area contributed by atoms with Gasteiger partial charge in [0.1, 0.15) is 4.88 Å². The molecule has 0 saturated carbocycles. The molecule has 114 valence electrons. The lowest BCUT2D eigenvalue weighted by atomic mass is 9.90. The van der Waals surface area contributed by atoms with Crippen LogP contribution in [0.3, 0.4) is 0 Å². The van der Waals surface area contributed by atoms with Crippen molar-refractivity contribution in [3.05, 3.63) is 21.9 Å². The van der Waals surface area contributed by atoms with Gasteiger partial charge in [0.25, 0.3) is 0 Å². The summed E-state index contributed by atoms with van der Waals surface area (Å²) < 4.78 is 9.82. The Hall–Kier alpha value is -1.40. The van der Waals surface area contributed by atoms with E-state index in [2.05, 4.69) is 0 Å². The molecule has 1 amide bonds. The molecule has 2 fully saturated rings. The van der Waals surface area contributed by atoms with Crippen LogP contribution in [0.1, 0.15) is 34.0 Å². The maximum atomic E-state index is 12.1. The Kier molecular flexibility index (Phi) is 4.26. The minimum atomic E-state index is -0.274. The molecule has 6 heteroatoms. The van der Waals surface area contributed by atoms with Gasteiger partial charge in [-0.15, -0.1) is 11.3 Å². The number of carbonyl (C=O) groups is 2. The van der Waals surface area contributed by atoms with Crippen molar-refractivity contribution in [1.82, 2.24) is 4.90 Å². The van der Waals surface area contributed by atoms with E-state index in [0.717, 1.165) is 25.9 Å². The lowest BCUT2D eigenvalue weighted by Gasteiger charge is -2.36. The Morgan fingerprint density at radius 2 is 2.05 bits per heavy atom. The number of amides is 1. The molecule has 3 heterocycles. The van der Waals surface area contributed by atoms with Crippen LogP contribution < -0.4 is 0 Å². The van der Waals surface area contributed by atoms with Crippen LogP contribution >= 0.6 is 11.3 Å². The third-order valence-electron chi connectivity index (χ3n) is 4.27. The summed E-state index contributed by atoms with van der Waals surface area (Å²) in [5, 5.41) is 2.04. The minimum Gasteiger partial charge on any atom is -0.465 e. The molecule has 2 aliphatic heterocycles. The predicted octanol–water partition coefficient (Wildman–Crippen LogP) is 1.89. The summed E-state index contributed by atoms with van der Waals surface area (Å²) in [6.07, 6.45) is 1.91. The first-order chi connectivity index (χ1) is 10.2. The second-order valence-electron chi connectivity index (χ2n) is 5.57. The molecular weight excluding hydrogens is 290 g/mol. The number of likely N-dealkylation sites (tertiary alicyclic amines) is 1. The second-order valence-corrected chi connectivity index (χ2v) is 6.48. The van der Waals surface area contributed by atoms with Crippen LogP contribution in [-0.2, 0) is 14.3 Å². The average molecular weight is 309 g/mol. The van der Waals surface area contributed by atoms with E-state index in [-0.39, 0.29) is 17.8 Å². The van der Waals surface area contributed by atoms with Gasteiger partial charge in [0.2, 0.25) is 5.91 Å². The molecule has 2 aliphatic rings. The number of esters is 1. The molecular formula is C15H19NO4S. The zero-order valence-corrected chi connectivity index (χ0v) is 12.9. The Morgan fingerprint density at radius 3 is 2.62 bits per heavy atom. The summed E-state index contributed by atoms with van der Waals surface area (Å²) >= 11 is 1.43. The summed E-state index contributed by atoms with van der Waals surface area (Å²) in [5.41, 5.74) is 1.19. The van der Waals surface area contributed by atoms with Gasteiger partial charge >= 0.3 is 5.97 Å². The molecule has 0 unspecified atom stereocenters. The molecule has 0 aliphatic carbocycles. The number of carbonyl (C=O) groups excluding carboxylic acids is 2. The number of methoxy groups -OCH3 is 1. The van der Waals surface area contributed by atoms with E-state index in [1.165, 1.54) is 24.0 Å². The number of nitrogens with zero attached hydrogens (tertiary/aromatic N) is 1. The highest BCUT2D eigenvalue weighted by atomic mass is 32.1. The highest BCUT2D eigenvalue weighted by Crippen LogP contribution is 2.32. The number of hydrogen-bond donors (Lipinski definition) is 0. The number of hydrogen-bond acceptors (Lipinski definition) is 5. The molecule has 0 aromatic carbocycles. The standard InChI is InChI=1S/C15H19NO4S/c1-19-15(18)13-6-11(9-21-13)10-2-4-16(5-3-10)14(17)12-7-20-8-12/h6,9-10,12H,2-5,7-8H2,1H3. The van der Waals surface area contributed by atoms with E-state index >= 15 is 0 Å². The molecule has 0 bridgehead atoms. The van der Waals surface area contributed by atoms with E-state index in [9.17, 15) is 9.59 Å². The molecule has 0 radical (unpaired) electrons. The first-order valence-corrected chi connectivity index (χ1v) is 8.10. The van der Waals surface area contributed by atoms with Gasteiger partial charge in [0.05, 0.1) is 26.2 Å². The van der Waals surface area contributed by atoms with Gasteiger partial charge in [-0.25, -0.2) is 4.79 Å². The van der Waals surface area contributed by atoms with Gasteiger partial charge in [-0.05, 0) is 35.8 Å². The van der Waals surface area contributed by atoms with Crippen LogP contribution in [0, 0.1) is 5.92 Å². The Morgan fingerprint density at radius 1 is 1.33 bits per heavy atom. The zero-order valence-electron chi connectivity index (χ0n) is 12.0. The molecule has 3 rings (SSSR count). The van der Waals surface area contributed by atoms with Gasteiger partial charge in [-0.2, -0.15) is 0 Å². The summed E-state index contributed by atoms with van der Waals surface area (Å²) in [6, 6.07) is 1.93. The van der Waals surface area contributed by atoms with Crippen molar-refractivity contribution in [2.75, 3.05) is 33.4 Å². The normalized spacial score (nSPS) is 20.1. The third-order valence-corrected chi connectivity index (χ3v) is 5.20. The maximum Gasteiger partial charge on any atom is 0.348 e. The van der Waals surface area contributed by atoms with Crippen molar-refractivity contribution in [3.63, 3.8) is 0 Å². The Labute approximate surface area is 127 Å². The molecule has 0 N–H and O–H groups in total. The zero-order chi connectivity index (χ0) is 14.8. The third kappa shape index (κ3) is 2.96. The number of rotatable bonds is 3. The van der Waals surface area contributed by atoms with Crippen LogP contribution in [0.25, 0.3) is 0 Å². The summed E-state index contributed by atoms with van der Waals surface area (Å²) in [7, 11) is 1.40. The van der Waals surface area contributed by atoms with Gasteiger partial charge < -0.3 is 14.4 Å². The maximum absolute atomic E-state index is 12.1. The first-order valence-electron chi connectivity index (χ1n) is 7.22. The van der Waals surface area contributed by atoms with Gasteiger partial charge in [-0.1, -0.05) is 0 Å². The van der Waals surface area contributed by atoms with Gasteiger partial charge in [0.15, 0.2) is 0 Å². The Balaban J connectivity index is 1.56. The molecule has 0 spiro atoms. The second kappa shape index (κ2) is 6.15. The van der Waals surface area contributed by atoms with Gasteiger partial charge in [-0.3, -0.25) is 4.79 Å². The topological polar surface area (TPSA) is 55.8 Å². The van der Waals surface area contributed by atoms with Crippen molar-refractivity contribution in [2.24, 2.45) is 5.92 Å². The largest absolute Gasteiger partial charge is 0.465 e. The summed E-state index contributed by atoms with van der Waals surface area (Å²) in [6.45, 7) is 2.74. The fourth-order valence-electron chi connectivity index (χ4n) is 2.84. The number of ether oxygens (including phenoxy) is 2. The van der Waals surface area contributed by atoms with E-state index in [0.29, 0.717) is 24.0 Å². The predicted molar refractivity (Wildman–Crippen MR) is 78.5 cm³/mol. The van der Waals surface area contributed by atoms with Crippen LogP contribution in [0.4, 0.5) is 0 Å². The fraction of sp³-hybridized carbons (Fsp3) is 0.600. The van der Waals surface area contributed by atoms with E-state index in [1.54, 1.807) is 0 Å².